The second-order valence-corrected chi connectivity index (χ2v) is 8.31. The van der Waals surface area contributed by atoms with Crippen molar-refractivity contribution in [2.45, 2.75) is 38.8 Å². The van der Waals surface area contributed by atoms with Crippen LogP contribution in [0.25, 0.3) is 0 Å². The Bertz CT molecular complexity index is 716. The number of aryl methyl sites for hydroxylation is 1. The fourth-order valence-corrected chi connectivity index (χ4v) is 4.66. The van der Waals surface area contributed by atoms with Crippen LogP contribution in [0.3, 0.4) is 0 Å². The number of aliphatic hydroxyl groups excluding tert-OH is 1. The highest BCUT2D eigenvalue weighted by molar-refractivity contribution is 7.12. The largest absolute Gasteiger partial charge is 0.396 e. The zero-order chi connectivity index (χ0) is 19.1. The third-order valence-electron chi connectivity index (χ3n) is 5.31. The van der Waals surface area contributed by atoms with Gasteiger partial charge in [-0.2, -0.15) is 0 Å². The van der Waals surface area contributed by atoms with Crippen molar-refractivity contribution < 1.29 is 9.90 Å². The van der Waals surface area contributed by atoms with Gasteiger partial charge in [0.1, 0.15) is 0 Å². The average Bonchev–Trinajstić information content (AvgIpc) is 3.13. The lowest BCUT2D eigenvalue weighted by atomic mass is 10.1. The number of nitrogens with zero attached hydrogens (tertiary/aromatic N) is 2. The number of rotatable bonds is 9. The van der Waals surface area contributed by atoms with Crippen molar-refractivity contribution in [2.24, 2.45) is 0 Å². The van der Waals surface area contributed by atoms with Gasteiger partial charge in [-0.05, 0) is 55.3 Å². The Labute approximate surface area is 166 Å². The molecule has 0 aliphatic carbocycles. The lowest BCUT2D eigenvalue weighted by molar-refractivity contribution is 0.0547. The number of hydrogen-bond donors (Lipinski definition) is 1. The smallest absolute Gasteiger partial charge is 0.169 e. The van der Waals surface area contributed by atoms with Gasteiger partial charge in [0.05, 0.1) is 4.88 Å². The van der Waals surface area contributed by atoms with Crippen molar-refractivity contribution in [3.8, 4) is 0 Å². The zero-order valence-electron chi connectivity index (χ0n) is 16.1. The highest BCUT2D eigenvalue weighted by Crippen LogP contribution is 2.20. The number of thiophene rings is 1. The van der Waals surface area contributed by atoms with Crippen molar-refractivity contribution in [1.29, 1.82) is 0 Å². The van der Waals surface area contributed by atoms with Crippen LogP contribution >= 0.6 is 11.3 Å². The molecule has 1 aliphatic rings. The number of hydrogen-bond acceptors (Lipinski definition) is 5. The first-order chi connectivity index (χ1) is 13.2. The van der Waals surface area contributed by atoms with Crippen molar-refractivity contribution in [2.75, 3.05) is 32.8 Å². The van der Waals surface area contributed by atoms with Crippen molar-refractivity contribution in [1.82, 2.24) is 9.80 Å². The number of piperazine rings is 1. The normalized spacial score (nSPS) is 18.7. The number of carbonyl (C=O) groups is 1. The molecule has 0 bridgehead atoms. The SMILES string of the molecule is CC(=O)c1cc(CN2CCN(CCCc3ccccc3)[C@@H](CCO)C2)cs1. The molecule has 0 radical (unpaired) electrons. The Kier molecular flexibility index (Phi) is 7.59. The van der Waals surface area contributed by atoms with E-state index in [1.54, 1.807) is 18.3 Å². The zero-order valence-corrected chi connectivity index (χ0v) is 17.0. The van der Waals surface area contributed by atoms with Crippen molar-refractivity contribution in [3.63, 3.8) is 0 Å². The molecule has 1 fully saturated rings. The molecule has 0 saturated carbocycles. The molecule has 0 unspecified atom stereocenters. The molecule has 1 atom stereocenters. The van der Waals surface area contributed by atoms with E-state index < -0.39 is 0 Å². The maximum Gasteiger partial charge on any atom is 0.169 e. The van der Waals surface area contributed by atoms with Crippen LogP contribution < -0.4 is 0 Å². The predicted molar refractivity (Wildman–Crippen MR) is 111 cm³/mol. The van der Waals surface area contributed by atoms with Gasteiger partial charge < -0.3 is 5.11 Å². The molecule has 1 aromatic carbocycles. The van der Waals surface area contributed by atoms with Gasteiger partial charge in [0.25, 0.3) is 0 Å². The van der Waals surface area contributed by atoms with Gasteiger partial charge >= 0.3 is 0 Å². The molecule has 5 heteroatoms. The van der Waals surface area contributed by atoms with E-state index in [2.05, 4.69) is 45.5 Å². The molecule has 4 nitrogen and oxygen atoms in total. The van der Waals surface area contributed by atoms with E-state index in [-0.39, 0.29) is 12.4 Å². The molecule has 2 heterocycles. The first-order valence-corrected chi connectivity index (χ1v) is 10.7. The number of carbonyl (C=O) groups excluding carboxylic acids is 1. The van der Waals surface area contributed by atoms with Gasteiger partial charge in [-0.25, -0.2) is 0 Å². The molecular weight excluding hydrogens is 356 g/mol. The highest BCUT2D eigenvalue weighted by Gasteiger charge is 2.26. The number of ketones is 1. The Balaban J connectivity index is 1.50. The summed E-state index contributed by atoms with van der Waals surface area (Å²) in [5.74, 6) is 0.146. The molecule has 1 aliphatic heterocycles. The maximum atomic E-state index is 11.5. The summed E-state index contributed by atoms with van der Waals surface area (Å²) in [4.78, 5) is 17.3. The maximum absolute atomic E-state index is 11.5. The van der Waals surface area contributed by atoms with Gasteiger partial charge in [0, 0.05) is 38.8 Å². The Morgan fingerprint density at radius 1 is 1.22 bits per heavy atom. The Morgan fingerprint density at radius 3 is 2.74 bits per heavy atom. The standard InChI is InChI=1S/C22H30N2O2S/c1-18(26)22-14-20(17-27-22)15-23-11-12-24(21(16-23)9-13-25)10-5-8-19-6-3-2-4-7-19/h2-4,6-7,14,17,21,25H,5,8-13,15-16H2,1H3/t21-/m0/s1. The molecular formula is C22H30N2O2S. The van der Waals surface area contributed by atoms with Crippen LogP contribution in [0.1, 0.15) is 40.6 Å². The quantitative estimate of drug-likeness (QED) is 0.671. The fourth-order valence-electron chi connectivity index (χ4n) is 3.85. The third-order valence-corrected chi connectivity index (χ3v) is 6.39. The van der Waals surface area contributed by atoms with Crippen LogP contribution in [0, 0.1) is 0 Å². The van der Waals surface area contributed by atoms with E-state index in [9.17, 15) is 9.90 Å². The predicted octanol–water partition coefficient (Wildman–Crippen LogP) is 3.45. The summed E-state index contributed by atoms with van der Waals surface area (Å²) in [6.45, 7) is 6.91. The molecule has 0 spiro atoms. The minimum Gasteiger partial charge on any atom is -0.396 e. The summed E-state index contributed by atoms with van der Waals surface area (Å²) in [6.07, 6.45) is 3.08. The average molecular weight is 387 g/mol. The van der Waals surface area contributed by atoms with Gasteiger partial charge in [0.15, 0.2) is 5.78 Å². The fraction of sp³-hybridized carbons (Fsp3) is 0.500. The summed E-state index contributed by atoms with van der Waals surface area (Å²) < 4.78 is 0. The molecule has 1 aromatic heterocycles. The molecule has 1 N–H and O–H groups in total. The van der Waals surface area contributed by atoms with Crippen LogP contribution in [-0.4, -0.2) is 59.5 Å². The van der Waals surface area contributed by atoms with Crippen LogP contribution in [0.15, 0.2) is 41.8 Å². The first kappa shape index (κ1) is 20.2. The van der Waals surface area contributed by atoms with Crippen molar-refractivity contribution in [3.05, 3.63) is 57.8 Å². The van der Waals surface area contributed by atoms with Gasteiger partial charge in [-0.3, -0.25) is 14.6 Å². The summed E-state index contributed by atoms with van der Waals surface area (Å²) in [5.41, 5.74) is 2.62. The molecule has 146 valence electrons. The van der Waals surface area contributed by atoms with Crippen LogP contribution in [-0.2, 0) is 13.0 Å². The Morgan fingerprint density at radius 2 is 2.04 bits per heavy atom. The van der Waals surface area contributed by atoms with E-state index in [1.165, 1.54) is 11.1 Å². The number of benzene rings is 1. The van der Waals surface area contributed by atoms with E-state index >= 15 is 0 Å². The lowest BCUT2D eigenvalue weighted by Gasteiger charge is -2.41. The van der Waals surface area contributed by atoms with Crippen LogP contribution in [0.4, 0.5) is 0 Å². The topological polar surface area (TPSA) is 43.8 Å². The molecule has 3 rings (SSSR count). The second-order valence-electron chi connectivity index (χ2n) is 7.40. The van der Waals surface area contributed by atoms with E-state index in [0.29, 0.717) is 6.04 Å². The Hall–Kier alpha value is -1.53. The van der Waals surface area contributed by atoms with Gasteiger partial charge in [-0.15, -0.1) is 11.3 Å². The minimum atomic E-state index is 0.146. The van der Waals surface area contributed by atoms with Crippen molar-refractivity contribution >= 4 is 17.1 Å². The third kappa shape index (κ3) is 5.98. The summed E-state index contributed by atoms with van der Waals surface area (Å²) >= 11 is 1.54. The minimum absolute atomic E-state index is 0.146. The summed E-state index contributed by atoms with van der Waals surface area (Å²) in [6, 6.07) is 13.1. The molecule has 2 aromatic rings. The monoisotopic (exact) mass is 386 g/mol. The number of Topliss-reactive ketones (excluding diaryl/α,β-unsaturated/α-hetero) is 1. The molecule has 1 saturated heterocycles. The van der Waals surface area contributed by atoms with Crippen LogP contribution in [0.5, 0.6) is 0 Å². The van der Waals surface area contributed by atoms with Gasteiger partial charge in [-0.1, -0.05) is 30.3 Å². The van der Waals surface area contributed by atoms with Crippen LogP contribution in [0.2, 0.25) is 0 Å². The summed E-state index contributed by atoms with van der Waals surface area (Å²) in [5, 5.41) is 11.6. The first-order valence-electron chi connectivity index (χ1n) is 9.85. The molecule has 27 heavy (non-hydrogen) atoms. The van der Waals surface area contributed by atoms with Gasteiger partial charge in [0.2, 0.25) is 0 Å². The second kappa shape index (κ2) is 10.1. The lowest BCUT2D eigenvalue weighted by Crippen LogP contribution is -2.53. The van der Waals surface area contributed by atoms with E-state index in [0.717, 1.165) is 56.9 Å². The summed E-state index contributed by atoms with van der Waals surface area (Å²) in [7, 11) is 0. The molecule has 0 amide bonds. The van der Waals surface area contributed by atoms with E-state index in [1.807, 2.05) is 6.07 Å². The van der Waals surface area contributed by atoms with E-state index in [4.69, 9.17) is 0 Å². The number of aliphatic hydroxyl groups is 1. The highest BCUT2D eigenvalue weighted by atomic mass is 32.1.